The molecule has 0 saturated heterocycles. The third kappa shape index (κ3) is 3.62. The third-order valence-electron chi connectivity index (χ3n) is 3.17. The molecule has 1 fully saturated rings. The van der Waals surface area contributed by atoms with Gasteiger partial charge in [0, 0.05) is 19.1 Å². The van der Waals surface area contributed by atoms with Gasteiger partial charge in [0.05, 0.1) is 10.7 Å². The summed E-state index contributed by atoms with van der Waals surface area (Å²) in [4.78, 5) is 15.0. The van der Waals surface area contributed by atoms with Crippen molar-refractivity contribution >= 4 is 27.9 Å². The maximum Gasteiger partial charge on any atom is 0.263 e. The number of anilines is 2. The Labute approximate surface area is 119 Å². The molecule has 0 aromatic carbocycles. The molecule has 3 N–H and O–H groups in total. The van der Waals surface area contributed by atoms with Crippen molar-refractivity contribution in [1.82, 2.24) is 5.32 Å². The van der Waals surface area contributed by atoms with Gasteiger partial charge in [-0.2, -0.15) is 0 Å². The van der Waals surface area contributed by atoms with E-state index in [9.17, 15) is 4.79 Å². The number of nitrogens with one attached hydrogen (secondary N) is 1. The molecule has 0 bridgehead atoms. The fourth-order valence-corrected chi connectivity index (χ4v) is 3.11. The summed E-state index contributed by atoms with van der Waals surface area (Å²) in [6.45, 7) is 6.36. The van der Waals surface area contributed by atoms with Gasteiger partial charge in [0.15, 0.2) is 0 Å². The Balaban J connectivity index is 2.10. The van der Waals surface area contributed by atoms with E-state index < -0.39 is 0 Å². The van der Waals surface area contributed by atoms with Crippen LogP contribution in [-0.4, -0.2) is 25.0 Å². The maximum absolute atomic E-state index is 12.1. The fourth-order valence-electron chi connectivity index (χ4n) is 2.08. The van der Waals surface area contributed by atoms with Crippen LogP contribution < -0.4 is 16.0 Å². The predicted octanol–water partition coefficient (Wildman–Crippen LogP) is 2.85. The molecular formula is C14H23N3OS. The summed E-state index contributed by atoms with van der Waals surface area (Å²) in [6.07, 6.45) is 4.40. The molecule has 1 heterocycles. The highest BCUT2D eigenvalue weighted by Crippen LogP contribution is 2.33. The van der Waals surface area contributed by atoms with E-state index in [1.165, 1.54) is 11.3 Å². The second-order valence-corrected chi connectivity index (χ2v) is 6.13. The number of thiophene rings is 1. The van der Waals surface area contributed by atoms with Gasteiger partial charge in [-0.15, -0.1) is 11.3 Å². The van der Waals surface area contributed by atoms with E-state index >= 15 is 0 Å². The molecule has 0 radical (unpaired) electrons. The molecular weight excluding hydrogens is 258 g/mol. The van der Waals surface area contributed by atoms with E-state index in [-0.39, 0.29) is 5.91 Å². The van der Waals surface area contributed by atoms with Gasteiger partial charge in [0.2, 0.25) is 0 Å². The summed E-state index contributed by atoms with van der Waals surface area (Å²) in [5, 5.41) is 4.11. The van der Waals surface area contributed by atoms with Gasteiger partial charge in [0.1, 0.15) is 4.88 Å². The van der Waals surface area contributed by atoms with Crippen molar-refractivity contribution in [3.05, 3.63) is 10.9 Å². The highest BCUT2D eigenvalue weighted by Gasteiger charge is 2.26. The van der Waals surface area contributed by atoms with E-state index in [2.05, 4.69) is 24.1 Å². The minimum atomic E-state index is -0.0100. The quantitative estimate of drug-likeness (QED) is 0.808. The van der Waals surface area contributed by atoms with Gasteiger partial charge in [0.25, 0.3) is 5.91 Å². The van der Waals surface area contributed by atoms with Crippen molar-refractivity contribution in [2.75, 3.05) is 23.7 Å². The molecule has 0 unspecified atom stereocenters. The summed E-state index contributed by atoms with van der Waals surface area (Å²) in [6, 6.07) is 2.32. The molecule has 106 valence electrons. The average molecular weight is 281 g/mol. The lowest BCUT2D eigenvalue weighted by atomic mass is 10.3. The SMILES string of the molecule is CCCN(CCC)c1cc(N)c(C(=O)NC2CC2)s1. The second kappa shape index (κ2) is 6.28. The smallest absolute Gasteiger partial charge is 0.263 e. The summed E-state index contributed by atoms with van der Waals surface area (Å²) in [7, 11) is 0. The molecule has 0 spiro atoms. The molecule has 19 heavy (non-hydrogen) atoms. The van der Waals surface area contributed by atoms with Crippen LogP contribution in [0.2, 0.25) is 0 Å². The van der Waals surface area contributed by atoms with Crippen molar-refractivity contribution in [3.8, 4) is 0 Å². The lowest BCUT2D eigenvalue weighted by Crippen LogP contribution is -2.25. The Morgan fingerprint density at radius 3 is 2.58 bits per heavy atom. The number of amides is 1. The number of carbonyl (C=O) groups is 1. The monoisotopic (exact) mass is 281 g/mol. The van der Waals surface area contributed by atoms with E-state index in [0.717, 1.165) is 43.8 Å². The summed E-state index contributed by atoms with van der Waals surface area (Å²) in [5.41, 5.74) is 6.60. The Kier molecular flexibility index (Phi) is 4.69. The molecule has 1 aromatic rings. The van der Waals surface area contributed by atoms with Gasteiger partial charge < -0.3 is 16.0 Å². The minimum Gasteiger partial charge on any atom is -0.397 e. The van der Waals surface area contributed by atoms with E-state index in [4.69, 9.17) is 5.73 Å². The van der Waals surface area contributed by atoms with Gasteiger partial charge in [-0.1, -0.05) is 13.8 Å². The second-order valence-electron chi connectivity index (χ2n) is 5.10. The molecule has 0 atom stereocenters. The average Bonchev–Trinajstić information content (AvgIpc) is 3.09. The molecule has 4 nitrogen and oxygen atoms in total. The number of nitrogens with two attached hydrogens (primary N) is 1. The number of hydrogen-bond acceptors (Lipinski definition) is 4. The first-order valence-corrected chi connectivity index (χ1v) is 7.92. The van der Waals surface area contributed by atoms with Crippen LogP contribution in [0.15, 0.2) is 6.07 Å². The Hall–Kier alpha value is -1.23. The highest BCUT2D eigenvalue weighted by molar-refractivity contribution is 7.18. The van der Waals surface area contributed by atoms with Crippen molar-refractivity contribution in [2.24, 2.45) is 0 Å². The van der Waals surface area contributed by atoms with Gasteiger partial charge >= 0.3 is 0 Å². The van der Waals surface area contributed by atoms with Crippen molar-refractivity contribution in [1.29, 1.82) is 0 Å². The topological polar surface area (TPSA) is 58.4 Å². The molecule has 0 aliphatic heterocycles. The largest absolute Gasteiger partial charge is 0.397 e. The standard InChI is InChI=1S/C14H23N3OS/c1-3-7-17(8-4-2)12-9-11(15)13(19-12)14(18)16-10-5-6-10/h9-10H,3-8,15H2,1-2H3,(H,16,18). The fraction of sp³-hybridized carbons (Fsp3) is 0.643. The first kappa shape index (κ1) is 14.2. The van der Waals surface area contributed by atoms with Gasteiger partial charge in [-0.3, -0.25) is 4.79 Å². The zero-order valence-electron chi connectivity index (χ0n) is 11.7. The first-order valence-electron chi connectivity index (χ1n) is 7.10. The maximum atomic E-state index is 12.1. The molecule has 5 heteroatoms. The highest BCUT2D eigenvalue weighted by atomic mass is 32.1. The number of nitrogen functional groups attached to an aromatic ring is 1. The minimum absolute atomic E-state index is 0.0100. The van der Waals surface area contributed by atoms with Crippen molar-refractivity contribution in [3.63, 3.8) is 0 Å². The number of rotatable bonds is 7. The number of hydrogen-bond donors (Lipinski definition) is 2. The van der Waals surface area contributed by atoms with E-state index in [1.54, 1.807) is 0 Å². The first-order chi connectivity index (χ1) is 9.15. The lowest BCUT2D eigenvalue weighted by Gasteiger charge is -2.21. The molecule has 2 rings (SSSR count). The molecule has 1 aliphatic rings. The molecule has 1 aromatic heterocycles. The molecule has 1 aliphatic carbocycles. The Bertz CT molecular complexity index is 434. The number of nitrogens with zero attached hydrogens (tertiary/aromatic N) is 1. The van der Waals surface area contributed by atoms with Crippen molar-refractivity contribution < 1.29 is 4.79 Å². The Morgan fingerprint density at radius 2 is 2.05 bits per heavy atom. The predicted molar refractivity (Wildman–Crippen MR) is 82.0 cm³/mol. The zero-order chi connectivity index (χ0) is 13.8. The normalized spacial score (nSPS) is 14.4. The molecule has 1 saturated carbocycles. The van der Waals surface area contributed by atoms with Gasteiger partial charge in [-0.25, -0.2) is 0 Å². The zero-order valence-corrected chi connectivity index (χ0v) is 12.6. The van der Waals surface area contributed by atoms with Crippen LogP contribution in [0, 0.1) is 0 Å². The summed E-state index contributed by atoms with van der Waals surface area (Å²) >= 11 is 1.51. The van der Waals surface area contributed by atoms with Crippen LogP contribution >= 0.6 is 11.3 Å². The van der Waals surface area contributed by atoms with Crippen LogP contribution in [0.1, 0.15) is 49.2 Å². The molecule has 1 amide bonds. The van der Waals surface area contributed by atoms with Crippen LogP contribution in [-0.2, 0) is 0 Å². The van der Waals surface area contributed by atoms with E-state index in [1.807, 2.05) is 6.07 Å². The summed E-state index contributed by atoms with van der Waals surface area (Å²) < 4.78 is 0. The van der Waals surface area contributed by atoms with E-state index in [0.29, 0.717) is 16.6 Å². The van der Waals surface area contributed by atoms with Crippen LogP contribution in [0.5, 0.6) is 0 Å². The third-order valence-corrected chi connectivity index (χ3v) is 4.38. The summed E-state index contributed by atoms with van der Waals surface area (Å²) in [5.74, 6) is -0.0100. The Morgan fingerprint density at radius 1 is 1.42 bits per heavy atom. The van der Waals surface area contributed by atoms with Gasteiger partial charge in [-0.05, 0) is 31.7 Å². The van der Waals surface area contributed by atoms with Crippen molar-refractivity contribution in [2.45, 2.75) is 45.6 Å². The lowest BCUT2D eigenvalue weighted by molar-refractivity contribution is 0.0956. The van der Waals surface area contributed by atoms with Crippen LogP contribution in [0.3, 0.4) is 0 Å². The van der Waals surface area contributed by atoms with Crippen LogP contribution in [0.4, 0.5) is 10.7 Å². The number of carbonyl (C=O) groups excluding carboxylic acids is 1. The van der Waals surface area contributed by atoms with Crippen LogP contribution in [0.25, 0.3) is 0 Å².